The monoisotopic (exact) mass is 260 g/mol. The van der Waals surface area contributed by atoms with Gasteiger partial charge in [-0.05, 0) is 45.5 Å². The fourth-order valence-electron chi connectivity index (χ4n) is 2.44. The van der Waals surface area contributed by atoms with Crippen LogP contribution in [0.3, 0.4) is 0 Å². The Morgan fingerprint density at radius 1 is 1.37 bits per heavy atom. The number of hydrogen-bond acceptors (Lipinski definition) is 3. The van der Waals surface area contributed by atoms with E-state index in [0.717, 1.165) is 25.9 Å². The second-order valence-electron chi connectivity index (χ2n) is 5.23. The summed E-state index contributed by atoms with van der Waals surface area (Å²) in [4.78, 5) is 25.7. The molecule has 1 aliphatic rings. The van der Waals surface area contributed by atoms with Crippen LogP contribution in [0.2, 0.25) is 0 Å². The van der Waals surface area contributed by atoms with Gasteiger partial charge in [0.15, 0.2) is 5.78 Å². The third kappa shape index (κ3) is 3.64. The van der Waals surface area contributed by atoms with Crippen LogP contribution >= 0.6 is 0 Å². The topological polar surface area (TPSA) is 49.4 Å². The molecule has 1 fully saturated rings. The van der Waals surface area contributed by atoms with Crippen molar-refractivity contribution in [1.29, 1.82) is 0 Å². The molecule has 0 unspecified atom stereocenters. The van der Waals surface area contributed by atoms with Crippen LogP contribution in [0.4, 0.5) is 5.69 Å². The largest absolute Gasteiger partial charge is 0.326 e. The predicted molar refractivity (Wildman–Crippen MR) is 75.3 cm³/mol. The molecule has 4 heteroatoms. The van der Waals surface area contributed by atoms with Gasteiger partial charge < -0.3 is 10.2 Å². The van der Waals surface area contributed by atoms with Crippen molar-refractivity contribution in [2.45, 2.75) is 19.8 Å². The summed E-state index contributed by atoms with van der Waals surface area (Å²) < 4.78 is 0. The van der Waals surface area contributed by atoms with E-state index >= 15 is 0 Å². The molecule has 0 radical (unpaired) electrons. The number of amides is 1. The maximum atomic E-state index is 12.2. The second kappa shape index (κ2) is 5.97. The van der Waals surface area contributed by atoms with Crippen LogP contribution in [0.25, 0.3) is 0 Å². The summed E-state index contributed by atoms with van der Waals surface area (Å²) in [5.74, 6) is 0.0977. The van der Waals surface area contributed by atoms with Gasteiger partial charge in [-0.25, -0.2) is 0 Å². The van der Waals surface area contributed by atoms with Gasteiger partial charge in [-0.3, -0.25) is 9.59 Å². The number of nitrogens with one attached hydrogen (secondary N) is 1. The zero-order valence-electron chi connectivity index (χ0n) is 11.5. The predicted octanol–water partition coefficient (Wildman–Crippen LogP) is 2.17. The lowest BCUT2D eigenvalue weighted by atomic mass is 9.97. The molecule has 102 valence electrons. The van der Waals surface area contributed by atoms with E-state index in [0.29, 0.717) is 11.3 Å². The molecule has 0 saturated carbocycles. The van der Waals surface area contributed by atoms with Gasteiger partial charge in [0.25, 0.3) is 0 Å². The number of carbonyl (C=O) groups excluding carboxylic acids is 2. The van der Waals surface area contributed by atoms with E-state index < -0.39 is 0 Å². The van der Waals surface area contributed by atoms with Crippen LogP contribution in [0.15, 0.2) is 24.3 Å². The van der Waals surface area contributed by atoms with Crippen LogP contribution in [-0.4, -0.2) is 36.7 Å². The van der Waals surface area contributed by atoms with E-state index in [2.05, 4.69) is 10.2 Å². The zero-order chi connectivity index (χ0) is 13.8. The average Bonchev–Trinajstić information content (AvgIpc) is 2.39. The molecule has 1 saturated heterocycles. The van der Waals surface area contributed by atoms with Gasteiger partial charge in [-0.2, -0.15) is 0 Å². The van der Waals surface area contributed by atoms with Crippen LogP contribution in [0.1, 0.15) is 30.1 Å². The van der Waals surface area contributed by atoms with Gasteiger partial charge in [-0.1, -0.05) is 12.1 Å². The van der Waals surface area contributed by atoms with Crippen molar-refractivity contribution in [2.75, 3.05) is 25.5 Å². The Kier molecular flexibility index (Phi) is 4.32. The summed E-state index contributed by atoms with van der Waals surface area (Å²) in [5, 5.41) is 2.91. The Morgan fingerprint density at radius 2 is 2.16 bits per heavy atom. The molecule has 19 heavy (non-hydrogen) atoms. The molecule has 0 spiro atoms. The maximum absolute atomic E-state index is 12.2. The molecule has 1 aliphatic heterocycles. The number of anilines is 1. The summed E-state index contributed by atoms with van der Waals surface area (Å²) >= 11 is 0. The minimum atomic E-state index is 0.00787. The minimum absolute atomic E-state index is 0.00787. The first-order chi connectivity index (χ1) is 9.06. The third-order valence-corrected chi connectivity index (χ3v) is 3.53. The number of carbonyl (C=O) groups is 2. The van der Waals surface area contributed by atoms with E-state index in [1.54, 1.807) is 18.2 Å². The normalized spacial score (nSPS) is 20.0. The Morgan fingerprint density at radius 3 is 2.84 bits per heavy atom. The molecule has 1 amide bonds. The molecule has 0 aliphatic carbocycles. The lowest BCUT2D eigenvalue weighted by Gasteiger charge is -2.28. The van der Waals surface area contributed by atoms with Gasteiger partial charge in [-0.15, -0.1) is 0 Å². The van der Waals surface area contributed by atoms with Crippen molar-refractivity contribution in [3.63, 3.8) is 0 Å². The lowest BCUT2D eigenvalue weighted by Crippen LogP contribution is -2.38. The number of Topliss-reactive ketones (excluding diaryl/α,β-unsaturated/α-hetero) is 1. The quantitative estimate of drug-likeness (QED) is 0.847. The van der Waals surface area contributed by atoms with Crippen molar-refractivity contribution in [1.82, 2.24) is 4.90 Å². The minimum Gasteiger partial charge on any atom is -0.326 e. The molecule has 1 aromatic rings. The first-order valence-electron chi connectivity index (χ1n) is 6.66. The van der Waals surface area contributed by atoms with Crippen LogP contribution < -0.4 is 5.32 Å². The highest BCUT2D eigenvalue weighted by Gasteiger charge is 2.23. The molecule has 1 heterocycles. The molecule has 1 N–H and O–H groups in total. The summed E-state index contributed by atoms with van der Waals surface area (Å²) in [7, 11) is 2.04. The molecule has 1 atom stereocenters. The van der Waals surface area contributed by atoms with Crippen molar-refractivity contribution >= 4 is 17.4 Å². The number of piperidine rings is 1. The number of rotatable bonds is 3. The number of likely N-dealkylation sites (tertiary alicyclic amines) is 1. The van der Waals surface area contributed by atoms with E-state index in [-0.39, 0.29) is 17.6 Å². The van der Waals surface area contributed by atoms with Gasteiger partial charge in [0.1, 0.15) is 0 Å². The highest BCUT2D eigenvalue weighted by atomic mass is 16.2. The molecule has 4 nitrogen and oxygen atoms in total. The van der Waals surface area contributed by atoms with Gasteiger partial charge in [0.2, 0.25) is 5.91 Å². The smallest absolute Gasteiger partial charge is 0.228 e. The van der Waals surface area contributed by atoms with Crippen molar-refractivity contribution < 1.29 is 9.59 Å². The van der Waals surface area contributed by atoms with Gasteiger partial charge >= 0.3 is 0 Å². The first-order valence-corrected chi connectivity index (χ1v) is 6.66. The fraction of sp³-hybridized carbons (Fsp3) is 0.467. The first kappa shape index (κ1) is 13.7. The van der Waals surface area contributed by atoms with E-state index in [4.69, 9.17) is 0 Å². The second-order valence-corrected chi connectivity index (χ2v) is 5.23. The van der Waals surface area contributed by atoms with Crippen molar-refractivity contribution in [3.8, 4) is 0 Å². The highest BCUT2D eigenvalue weighted by Crippen LogP contribution is 2.18. The zero-order valence-corrected chi connectivity index (χ0v) is 11.5. The molecule has 0 aromatic heterocycles. The average molecular weight is 260 g/mol. The summed E-state index contributed by atoms with van der Waals surface area (Å²) in [6.45, 7) is 3.39. The van der Waals surface area contributed by atoms with E-state index in [1.807, 2.05) is 13.1 Å². The van der Waals surface area contributed by atoms with E-state index in [9.17, 15) is 9.59 Å². The number of nitrogens with zero attached hydrogens (tertiary/aromatic N) is 1. The van der Waals surface area contributed by atoms with Gasteiger partial charge in [0.05, 0.1) is 5.92 Å². The molecular weight excluding hydrogens is 240 g/mol. The maximum Gasteiger partial charge on any atom is 0.228 e. The lowest BCUT2D eigenvalue weighted by molar-refractivity contribution is -0.121. The number of hydrogen-bond donors (Lipinski definition) is 1. The molecular formula is C15H20N2O2. The van der Waals surface area contributed by atoms with Crippen molar-refractivity contribution in [3.05, 3.63) is 29.8 Å². The molecule has 1 aromatic carbocycles. The standard InChI is InChI=1S/C15H20N2O2/c1-11(18)12-5-3-7-14(9-12)16-15(19)13-6-4-8-17(2)10-13/h3,5,7,9,13H,4,6,8,10H2,1-2H3,(H,16,19)/t13-/m0/s1. The number of ketones is 1. The Balaban J connectivity index is 2.02. The van der Waals surface area contributed by atoms with Crippen molar-refractivity contribution in [2.24, 2.45) is 5.92 Å². The Hall–Kier alpha value is -1.68. The SMILES string of the molecule is CC(=O)c1cccc(NC(=O)[C@H]2CCCN(C)C2)c1. The molecule has 0 bridgehead atoms. The third-order valence-electron chi connectivity index (χ3n) is 3.53. The van der Waals surface area contributed by atoms with Crippen LogP contribution in [-0.2, 0) is 4.79 Å². The Labute approximate surface area is 113 Å². The fourth-order valence-corrected chi connectivity index (χ4v) is 2.44. The highest BCUT2D eigenvalue weighted by molar-refractivity contribution is 5.97. The van der Waals surface area contributed by atoms with E-state index in [1.165, 1.54) is 6.92 Å². The van der Waals surface area contributed by atoms with Crippen LogP contribution in [0, 0.1) is 5.92 Å². The van der Waals surface area contributed by atoms with Crippen LogP contribution in [0.5, 0.6) is 0 Å². The number of benzene rings is 1. The molecule has 2 rings (SSSR count). The summed E-state index contributed by atoms with van der Waals surface area (Å²) in [6.07, 6.45) is 1.99. The Bertz CT molecular complexity index is 485. The summed E-state index contributed by atoms with van der Waals surface area (Å²) in [5.41, 5.74) is 1.32. The summed E-state index contributed by atoms with van der Waals surface area (Å²) in [6, 6.07) is 7.09. The van der Waals surface area contributed by atoms with Gasteiger partial charge in [0, 0.05) is 17.8 Å².